The van der Waals surface area contributed by atoms with Gasteiger partial charge in [0, 0.05) is 12.0 Å². The molecular formula is C9H18N2O. The molecule has 1 aliphatic rings. The van der Waals surface area contributed by atoms with E-state index in [9.17, 15) is 0 Å². The van der Waals surface area contributed by atoms with Crippen molar-refractivity contribution in [2.75, 3.05) is 6.61 Å². The standard InChI is InChI=1S/C9H18N2O/c1-3-12-11-7(2)8-4-5-9(10)6-8/h8-9H,3-6,10H2,1-2H3/b11-7+/t8-,9+/m1/s1. The van der Waals surface area contributed by atoms with E-state index in [2.05, 4.69) is 5.16 Å². The van der Waals surface area contributed by atoms with Crippen molar-refractivity contribution in [3.8, 4) is 0 Å². The highest BCUT2D eigenvalue weighted by molar-refractivity contribution is 5.84. The first kappa shape index (κ1) is 9.52. The molecule has 0 amide bonds. The van der Waals surface area contributed by atoms with Crippen LogP contribution in [0.25, 0.3) is 0 Å². The van der Waals surface area contributed by atoms with Gasteiger partial charge in [-0.15, -0.1) is 0 Å². The van der Waals surface area contributed by atoms with Gasteiger partial charge >= 0.3 is 0 Å². The first-order valence-electron chi connectivity index (χ1n) is 4.66. The number of hydrogen-bond donors (Lipinski definition) is 1. The molecule has 1 aliphatic carbocycles. The van der Waals surface area contributed by atoms with Gasteiger partial charge in [-0.3, -0.25) is 0 Å². The van der Waals surface area contributed by atoms with Crippen molar-refractivity contribution in [2.24, 2.45) is 16.8 Å². The Morgan fingerprint density at radius 3 is 2.83 bits per heavy atom. The monoisotopic (exact) mass is 170 g/mol. The minimum Gasteiger partial charge on any atom is -0.396 e. The van der Waals surface area contributed by atoms with E-state index in [0.717, 1.165) is 18.6 Å². The number of hydrogen-bond acceptors (Lipinski definition) is 3. The van der Waals surface area contributed by atoms with Crippen LogP contribution in [0.2, 0.25) is 0 Å². The molecule has 0 saturated heterocycles. The van der Waals surface area contributed by atoms with Gasteiger partial charge in [-0.25, -0.2) is 0 Å². The molecule has 2 atom stereocenters. The molecule has 2 N–H and O–H groups in total. The number of nitrogens with two attached hydrogens (primary N) is 1. The van der Waals surface area contributed by atoms with Crippen LogP contribution in [-0.4, -0.2) is 18.4 Å². The third kappa shape index (κ3) is 2.48. The molecule has 1 rings (SSSR count). The van der Waals surface area contributed by atoms with Crippen LogP contribution in [0.15, 0.2) is 5.16 Å². The molecule has 0 aliphatic heterocycles. The lowest BCUT2D eigenvalue weighted by Gasteiger charge is -2.07. The summed E-state index contributed by atoms with van der Waals surface area (Å²) in [6.07, 6.45) is 3.37. The van der Waals surface area contributed by atoms with E-state index in [1.54, 1.807) is 0 Å². The second-order valence-electron chi connectivity index (χ2n) is 3.42. The second kappa shape index (κ2) is 4.45. The van der Waals surface area contributed by atoms with Crippen molar-refractivity contribution < 1.29 is 4.84 Å². The van der Waals surface area contributed by atoms with E-state index in [1.807, 2.05) is 13.8 Å². The zero-order valence-corrected chi connectivity index (χ0v) is 7.92. The Morgan fingerprint density at radius 2 is 2.33 bits per heavy atom. The van der Waals surface area contributed by atoms with E-state index in [4.69, 9.17) is 10.6 Å². The molecule has 0 radical (unpaired) electrons. The molecule has 3 heteroatoms. The Hall–Kier alpha value is -0.570. The van der Waals surface area contributed by atoms with Crippen LogP contribution < -0.4 is 5.73 Å². The summed E-state index contributed by atoms with van der Waals surface area (Å²) < 4.78 is 0. The third-order valence-electron chi connectivity index (χ3n) is 2.40. The van der Waals surface area contributed by atoms with Crippen molar-refractivity contribution in [1.29, 1.82) is 0 Å². The highest BCUT2D eigenvalue weighted by atomic mass is 16.6. The lowest BCUT2D eigenvalue weighted by molar-refractivity contribution is 0.157. The third-order valence-corrected chi connectivity index (χ3v) is 2.40. The smallest absolute Gasteiger partial charge is 0.114 e. The van der Waals surface area contributed by atoms with E-state index < -0.39 is 0 Å². The van der Waals surface area contributed by atoms with Crippen molar-refractivity contribution in [1.82, 2.24) is 0 Å². The summed E-state index contributed by atoms with van der Waals surface area (Å²) in [5, 5.41) is 4.02. The summed E-state index contributed by atoms with van der Waals surface area (Å²) in [5.74, 6) is 0.562. The first-order valence-corrected chi connectivity index (χ1v) is 4.66. The minimum absolute atomic E-state index is 0.377. The highest BCUT2D eigenvalue weighted by Crippen LogP contribution is 2.25. The van der Waals surface area contributed by atoms with Gasteiger partial charge in [-0.2, -0.15) is 0 Å². The fraction of sp³-hybridized carbons (Fsp3) is 0.889. The average molecular weight is 170 g/mol. The fourth-order valence-electron chi connectivity index (χ4n) is 1.64. The van der Waals surface area contributed by atoms with Gasteiger partial charge < -0.3 is 10.6 Å². The quantitative estimate of drug-likeness (QED) is 0.515. The van der Waals surface area contributed by atoms with Crippen molar-refractivity contribution in [2.45, 2.75) is 39.2 Å². The van der Waals surface area contributed by atoms with E-state index >= 15 is 0 Å². The van der Waals surface area contributed by atoms with Crippen LogP contribution in [0.5, 0.6) is 0 Å². The van der Waals surface area contributed by atoms with Gasteiger partial charge in [0.05, 0.1) is 5.71 Å². The molecule has 0 aromatic rings. The molecular weight excluding hydrogens is 152 g/mol. The topological polar surface area (TPSA) is 47.6 Å². The minimum atomic E-state index is 0.377. The molecule has 0 spiro atoms. The van der Waals surface area contributed by atoms with Crippen LogP contribution in [0.3, 0.4) is 0 Å². The summed E-state index contributed by atoms with van der Waals surface area (Å²) in [6.45, 7) is 4.62. The van der Waals surface area contributed by atoms with Gasteiger partial charge in [0.25, 0.3) is 0 Å². The molecule has 0 heterocycles. The summed E-state index contributed by atoms with van der Waals surface area (Å²) >= 11 is 0. The zero-order valence-electron chi connectivity index (χ0n) is 7.92. The van der Waals surface area contributed by atoms with Crippen LogP contribution in [0, 0.1) is 5.92 Å². The van der Waals surface area contributed by atoms with Crippen molar-refractivity contribution >= 4 is 5.71 Å². The zero-order chi connectivity index (χ0) is 8.97. The number of nitrogens with zero attached hydrogens (tertiary/aromatic N) is 1. The summed E-state index contributed by atoms with van der Waals surface area (Å²) in [6, 6.07) is 0.377. The van der Waals surface area contributed by atoms with Crippen LogP contribution in [0.4, 0.5) is 0 Å². The van der Waals surface area contributed by atoms with Crippen molar-refractivity contribution in [3.05, 3.63) is 0 Å². The van der Waals surface area contributed by atoms with Gasteiger partial charge in [-0.05, 0) is 33.1 Å². The molecule has 1 fully saturated rings. The van der Waals surface area contributed by atoms with E-state index in [-0.39, 0.29) is 0 Å². The lowest BCUT2D eigenvalue weighted by Crippen LogP contribution is -2.16. The van der Waals surface area contributed by atoms with Crippen LogP contribution >= 0.6 is 0 Å². The Balaban J connectivity index is 2.37. The van der Waals surface area contributed by atoms with Crippen LogP contribution in [0.1, 0.15) is 33.1 Å². The maximum atomic E-state index is 5.80. The molecule has 0 unspecified atom stereocenters. The fourth-order valence-corrected chi connectivity index (χ4v) is 1.64. The first-order chi connectivity index (χ1) is 5.74. The molecule has 70 valence electrons. The maximum Gasteiger partial charge on any atom is 0.114 e. The predicted octanol–water partition coefficient (Wildman–Crippen LogP) is 1.53. The molecule has 3 nitrogen and oxygen atoms in total. The van der Waals surface area contributed by atoms with Gasteiger partial charge in [0.2, 0.25) is 0 Å². The maximum absolute atomic E-state index is 5.80. The Kier molecular flexibility index (Phi) is 3.53. The van der Waals surface area contributed by atoms with Crippen molar-refractivity contribution in [3.63, 3.8) is 0 Å². The summed E-state index contributed by atoms with van der Waals surface area (Å²) in [4.78, 5) is 4.99. The molecule has 1 saturated carbocycles. The SMILES string of the molecule is CCO/N=C(\C)[C@@H]1CC[C@H](N)C1. The highest BCUT2D eigenvalue weighted by Gasteiger charge is 2.24. The molecule has 0 bridgehead atoms. The second-order valence-corrected chi connectivity index (χ2v) is 3.42. The molecule has 0 aromatic heterocycles. The van der Waals surface area contributed by atoms with Gasteiger partial charge in [0.15, 0.2) is 0 Å². The number of oxime groups is 1. The largest absolute Gasteiger partial charge is 0.396 e. The van der Waals surface area contributed by atoms with Crippen LogP contribution in [-0.2, 0) is 4.84 Å². The van der Waals surface area contributed by atoms with Gasteiger partial charge in [0.1, 0.15) is 6.61 Å². The van der Waals surface area contributed by atoms with E-state index in [0.29, 0.717) is 18.6 Å². The van der Waals surface area contributed by atoms with Gasteiger partial charge in [-0.1, -0.05) is 5.16 Å². The predicted molar refractivity (Wildman–Crippen MR) is 50.1 cm³/mol. The normalized spacial score (nSPS) is 30.8. The molecule has 12 heavy (non-hydrogen) atoms. The molecule has 0 aromatic carbocycles. The Morgan fingerprint density at radius 1 is 1.58 bits per heavy atom. The number of rotatable bonds is 3. The average Bonchev–Trinajstić information content (AvgIpc) is 2.47. The Labute approximate surface area is 74.0 Å². The lowest BCUT2D eigenvalue weighted by atomic mass is 10.0. The van der Waals surface area contributed by atoms with E-state index in [1.165, 1.54) is 6.42 Å². The Bertz CT molecular complexity index is 168. The summed E-state index contributed by atoms with van der Waals surface area (Å²) in [7, 11) is 0. The summed E-state index contributed by atoms with van der Waals surface area (Å²) in [5.41, 5.74) is 6.90.